The highest BCUT2D eigenvalue weighted by molar-refractivity contribution is 7.89. The fourth-order valence-corrected chi connectivity index (χ4v) is 3.45. The molecule has 112 valence electrons. The Morgan fingerprint density at radius 1 is 0.864 bits per heavy atom. The number of hydrogen-bond donors (Lipinski definition) is 1. The van der Waals surface area contributed by atoms with E-state index in [0.717, 1.165) is 16.3 Å². The van der Waals surface area contributed by atoms with Crippen LogP contribution in [0.4, 0.5) is 0 Å². The molecule has 0 heterocycles. The zero-order valence-electron chi connectivity index (χ0n) is 11.7. The Kier molecular flexibility index (Phi) is 4.16. The number of fused-ring (bicyclic) bond motifs is 1. The Morgan fingerprint density at radius 2 is 1.55 bits per heavy atom. The minimum atomic E-state index is -3.55. The molecule has 0 saturated heterocycles. The summed E-state index contributed by atoms with van der Waals surface area (Å²) in [5.41, 5.74) is 0.940. The summed E-state index contributed by atoms with van der Waals surface area (Å²) in [5, 5.41) is 2.64. The van der Waals surface area contributed by atoms with E-state index in [2.05, 4.69) is 4.72 Å². The minimum Gasteiger partial charge on any atom is -0.207 e. The first-order valence-electron chi connectivity index (χ1n) is 6.78. The summed E-state index contributed by atoms with van der Waals surface area (Å²) >= 11 is 5.78. The monoisotopic (exact) mass is 331 g/mol. The predicted octanol–water partition coefficient (Wildman–Crippen LogP) is 3.97. The van der Waals surface area contributed by atoms with Crippen molar-refractivity contribution in [1.29, 1.82) is 0 Å². The molecule has 22 heavy (non-hydrogen) atoms. The summed E-state index contributed by atoms with van der Waals surface area (Å²) in [6.45, 7) is 0.242. The first-order valence-corrected chi connectivity index (χ1v) is 8.64. The Balaban J connectivity index is 1.86. The minimum absolute atomic E-state index is 0.206. The Bertz CT molecular complexity index is 900. The summed E-state index contributed by atoms with van der Waals surface area (Å²) in [6, 6.07) is 19.9. The van der Waals surface area contributed by atoms with Crippen LogP contribution in [0.1, 0.15) is 5.56 Å². The maximum Gasteiger partial charge on any atom is 0.240 e. The second kappa shape index (κ2) is 6.08. The normalized spacial score (nSPS) is 11.7. The third kappa shape index (κ3) is 3.14. The Hall–Kier alpha value is -1.88. The van der Waals surface area contributed by atoms with Crippen molar-refractivity contribution in [2.45, 2.75) is 11.4 Å². The maximum atomic E-state index is 12.3. The van der Waals surface area contributed by atoms with Gasteiger partial charge in [0.25, 0.3) is 0 Å². The highest BCUT2D eigenvalue weighted by Crippen LogP contribution is 2.19. The molecule has 0 aliphatic rings. The van der Waals surface area contributed by atoms with Crippen molar-refractivity contribution in [3.05, 3.63) is 77.3 Å². The van der Waals surface area contributed by atoms with Crippen molar-refractivity contribution < 1.29 is 8.42 Å². The van der Waals surface area contributed by atoms with Gasteiger partial charge in [-0.2, -0.15) is 0 Å². The zero-order valence-corrected chi connectivity index (χ0v) is 13.2. The summed E-state index contributed by atoms with van der Waals surface area (Å²) < 4.78 is 27.2. The maximum absolute atomic E-state index is 12.3. The lowest BCUT2D eigenvalue weighted by molar-refractivity contribution is 0.581. The second-order valence-electron chi connectivity index (χ2n) is 4.92. The highest BCUT2D eigenvalue weighted by Gasteiger charge is 2.13. The van der Waals surface area contributed by atoms with Crippen LogP contribution in [0.2, 0.25) is 5.02 Å². The lowest BCUT2D eigenvalue weighted by Gasteiger charge is -2.09. The van der Waals surface area contributed by atoms with E-state index in [1.807, 2.05) is 42.5 Å². The van der Waals surface area contributed by atoms with Crippen molar-refractivity contribution in [3.8, 4) is 0 Å². The van der Waals surface area contributed by atoms with Crippen LogP contribution < -0.4 is 4.72 Å². The number of sulfonamides is 1. The van der Waals surface area contributed by atoms with Crippen LogP contribution in [0.5, 0.6) is 0 Å². The Labute approximate surface area is 134 Å². The molecule has 0 amide bonds. The van der Waals surface area contributed by atoms with Gasteiger partial charge < -0.3 is 0 Å². The second-order valence-corrected chi connectivity index (χ2v) is 7.12. The first kappa shape index (κ1) is 15.0. The molecular weight excluding hydrogens is 318 g/mol. The fourth-order valence-electron chi connectivity index (χ4n) is 2.32. The lowest BCUT2D eigenvalue weighted by atomic mass is 10.1. The van der Waals surface area contributed by atoms with Gasteiger partial charge in [-0.05, 0) is 40.6 Å². The molecule has 3 rings (SSSR count). The van der Waals surface area contributed by atoms with Gasteiger partial charge in [-0.1, -0.05) is 54.1 Å². The Morgan fingerprint density at radius 3 is 2.32 bits per heavy atom. The number of rotatable bonds is 4. The number of nitrogens with one attached hydrogen (secondary N) is 1. The average Bonchev–Trinajstić information content (AvgIpc) is 2.53. The molecule has 0 aliphatic carbocycles. The van der Waals surface area contributed by atoms with Crippen molar-refractivity contribution in [2.24, 2.45) is 0 Å². The molecule has 0 bridgehead atoms. The molecule has 3 aromatic rings. The molecule has 0 atom stereocenters. The number of hydrogen-bond acceptors (Lipinski definition) is 2. The van der Waals surface area contributed by atoms with E-state index in [1.54, 1.807) is 12.1 Å². The summed E-state index contributed by atoms with van der Waals surface area (Å²) in [5.74, 6) is 0. The molecule has 3 nitrogen and oxygen atoms in total. The zero-order chi connectivity index (χ0) is 15.6. The van der Waals surface area contributed by atoms with Gasteiger partial charge in [0.1, 0.15) is 0 Å². The van der Waals surface area contributed by atoms with E-state index in [9.17, 15) is 8.42 Å². The topological polar surface area (TPSA) is 46.2 Å². The van der Waals surface area contributed by atoms with Crippen LogP contribution >= 0.6 is 11.6 Å². The summed E-state index contributed by atoms with van der Waals surface area (Å²) in [7, 11) is -3.55. The van der Waals surface area contributed by atoms with E-state index in [-0.39, 0.29) is 11.4 Å². The van der Waals surface area contributed by atoms with E-state index in [4.69, 9.17) is 11.6 Å². The molecule has 0 unspecified atom stereocenters. The van der Waals surface area contributed by atoms with Gasteiger partial charge in [-0.15, -0.1) is 0 Å². The van der Waals surface area contributed by atoms with Gasteiger partial charge in [-0.3, -0.25) is 0 Å². The van der Waals surface area contributed by atoms with Crippen LogP contribution in [0.3, 0.4) is 0 Å². The predicted molar refractivity (Wildman–Crippen MR) is 89.4 cm³/mol. The van der Waals surface area contributed by atoms with Crippen LogP contribution in [-0.2, 0) is 16.6 Å². The van der Waals surface area contributed by atoms with Crippen LogP contribution in [0, 0.1) is 0 Å². The van der Waals surface area contributed by atoms with E-state index in [1.165, 1.54) is 12.1 Å². The van der Waals surface area contributed by atoms with Gasteiger partial charge >= 0.3 is 0 Å². The van der Waals surface area contributed by atoms with Crippen LogP contribution in [-0.4, -0.2) is 8.42 Å². The van der Waals surface area contributed by atoms with Crippen molar-refractivity contribution in [1.82, 2.24) is 4.72 Å². The van der Waals surface area contributed by atoms with Gasteiger partial charge in [0.2, 0.25) is 10.0 Å². The van der Waals surface area contributed by atoms with Crippen molar-refractivity contribution in [2.75, 3.05) is 0 Å². The van der Waals surface area contributed by atoms with Crippen LogP contribution in [0.15, 0.2) is 71.6 Å². The average molecular weight is 332 g/mol. The molecule has 0 fully saturated rings. The molecule has 0 spiro atoms. The van der Waals surface area contributed by atoms with Gasteiger partial charge in [-0.25, -0.2) is 13.1 Å². The van der Waals surface area contributed by atoms with E-state index >= 15 is 0 Å². The fraction of sp³-hybridized carbons (Fsp3) is 0.0588. The first-order chi connectivity index (χ1) is 10.6. The molecule has 0 aromatic heterocycles. The molecule has 5 heteroatoms. The molecule has 0 radical (unpaired) electrons. The summed E-state index contributed by atoms with van der Waals surface area (Å²) in [4.78, 5) is 0.206. The number of halogens is 1. The molecule has 1 N–H and O–H groups in total. The standard InChI is InChI=1S/C17H14ClNO2S/c18-15-8-10-16(11-9-15)22(20,21)19-12-14-6-3-5-13-4-1-2-7-17(13)14/h1-11,19H,12H2. The number of benzene rings is 3. The molecule has 3 aromatic carbocycles. The van der Waals surface area contributed by atoms with E-state index in [0.29, 0.717) is 5.02 Å². The molecular formula is C17H14ClNO2S. The highest BCUT2D eigenvalue weighted by atomic mass is 35.5. The van der Waals surface area contributed by atoms with Gasteiger partial charge in [0.05, 0.1) is 4.90 Å². The van der Waals surface area contributed by atoms with Gasteiger partial charge in [0, 0.05) is 11.6 Å². The smallest absolute Gasteiger partial charge is 0.207 e. The summed E-state index contributed by atoms with van der Waals surface area (Å²) in [6.07, 6.45) is 0. The quantitative estimate of drug-likeness (QED) is 0.786. The molecule has 0 aliphatic heterocycles. The largest absolute Gasteiger partial charge is 0.240 e. The van der Waals surface area contributed by atoms with Crippen LogP contribution in [0.25, 0.3) is 10.8 Å². The SMILES string of the molecule is O=S(=O)(NCc1cccc2ccccc12)c1ccc(Cl)cc1. The third-order valence-corrected chi connectivity index (χ3v) is 5.13. The van der Waals surface area contributed by atoms with Gasteiger partial charge in [0.15, 0.2) is 0 Å². The molecule has 0 saturated carbocycles. The van der Waals surface area contributed by atoms with Crippen molar-refractivity contribution >= 4 is 32.4 Å². The van der Waals surface area contributed by atoms with E-state index < -0.39 is 10.0 Å². The third-order valence-electron chi connectivity index (χ3n) is 3.46. The van der Waals surface area contributed by atoms with Crippen molar-refractivity contribution in [3.63, 3.8) is 0 Å². The lowest BCUT2D eigenvalue weighted by Crippen LogP contribution is -2.23.